The minimum Gasteiger partial charge on any atom is -0.147 e. The molecule has 0 aromatic heterocycles. The van der Waals surface area contributed by atoms with E-state index in [1.807, 2.05) is 0 Å². The van der Waals surface area contributed by atoms with E-state index in [-0.39, 0.29) is 34.9 Å². The van der Waals surface area contributed by atoms with Crippen LogP contribution in [0, 0.1) is 0 Å². The van der Waals surface area contributed by atoms with Crippen LogP contribution in [0.25, 0.3) is 24.3 Å². The molecule has 2 aliphatic rings. The Labute approximate surface area is 381 Å². The number of fused-ring (bicyclic) bond motifs is 2. The maximum Gasteiger partial charge on any atom is -0.147 e. The molecule has 8 rings (SSSR count). The van der Waals surface area contributed by atoms with Gasteiger partial charge in [0.15, 0.2) is 0 Å². The quantitative estimate of drug-likeness (QED) is 0.125. The number of hydrogen-bond donors (Lipinski definition) is 0. The molecule has 0 unspecified atom stereocenters. The molecule has 8 heteroatoms. The van der Waals surface area contributed by atoms with Crippen molar-refractivity contribution in [3.05, 3.63) is 191 Å². The molecule has 0 aliphatic heterocycles. The molecule has 2 aliphatic carbocycles. The summed E-state index contributed by atoms with van der Waals surface area (Å²) >= 11 is -3.31. The average molecular weight is 962 g/mol. The molecule has 0 atom stereocenters. The van der Waals surface area contributed by atoms with Crippen molar-refractivity contribution in [2.45, 2.75) is 71.3 Å². The van der Waals surface area contributed by atoms with Crippen LogP contribution < -0.4 is 41.6 Å². The summed E-state index contributed by atoms with van der Waals surface area (Å²) in [5, 5.41) is 9.90. The Morgan fingerprint density at radius 3 is 0.800 bits per heavy atom. The molecule has 0 bridgehead atoms. The Kier molecular flexibility index (Phi) is 13.8. The fraction of sp³-hybridized carbons (Fsp3) is 0.231. The first kappa shape index (κ1) is 46.3. The van der Waals surface area contributed by atoms with Crippen LogP contribution in [-0.2, 0) is 29.8 Å². The van der Waals surface area contributed by atoms with Gasteiger partial charge in [-0.3, -0.25) is 0 Å². The standard InChI is InChI=1S/2C25H25OSi.C2H7Si.2ClH.Zr/c2*1-25(2,3)27(23-14-6-4-7-15-23,24-16-8-5-9-17-24)26-22-18-20-12-10-11-13-21(20)19-22;1-3-2;;;/h2*4-19H,1-3H3;3H,1-2H3;2*1H;. The van der Waals surface area contributed by atoms with E-state index in [1.54, 1.807) is 0 Å². The summed E-state index contributed by atoms with van der Waals surface area (Å²) in [6, 6.07) is 62.9. The molecule has 0 saturated carbocycles. The molecular weight excluding hydrogens is 903 g/mol. The number of halogens is 2. The smallest absolute Gasteiger partial charge is 0.147 e. The predicted octanol–water partition coefficient (Wildman–Crippen LogP) is 7.53. The van der Waals surface area contributed by atoms with Crippen LogP contribution in [0.5, 0.6) is 0 Å². The van der Waals surface area contributed by atoms with E-state index in [0.29, 0.717) is 0 Å². The van der Waals surface area contributed by atoms with Gasteiger partial charge in [-0.1, -0.05) is 0 Å². The van der Waals surface area contributed by atoms with Crippen molar-refractivity contribution in [3.63, 3.8) is 0 Å². The zero-order valence-electron chi connectivity index (χ0n) is 36.2. The molecule has 0 fully saturated rings. The average Bonchev–Trinajstić information content (AvgIpc) is 3.77. The molecule has 0 radical (unpaired) electrons. The molecule has 0 amide bonds. The van der Waals surface area contributed by atoms with Crippen molar-refractivity contribution in [1.82, 2.24) is 0 Å². The molecule has 0 N–H and O–H groups in total. The molecule has 0 spiro atoms. The van der Waals surface area contributed by atoms with Gasteiger partial charge in [0.25, 0.3) is 0 Å². The summed E-state index contributed by atoms with van der Waals surface area (Å²) in [7, 11) is -6.17. The van der Waals surface area contributed by atoms with E-state index in [9.17, 15) is 0 Å². The van der Waals surface area contributed by atoms with E-state index in [2.05, 4.69) is 249 Å². The van der Waals surface area contributed by atoms with Gasteiger partial charge >= 0.3 is 359 Å². The van der Waals surface area contributed by atoms with Gasteiger partial charge in [0.1, 0.15) is 0 Å². The van der Waals surface area contributed by atoms with Crippen LogP contribution in [0.1, 0.15) is 41.5 Å². The third-order valence-corrected chi connectivity index (χ3v) is 44.5. The molecule has 309 valence electrons. The van der Waals surface area contributed by atoms with Gasteiger partial charge in [-0.15, -0.1) is 24.8 Å². The minimum absolute atomic E-state index is 0. The maximum absolute atomic E-state index is 8.72. The second kappa shape index (κ2) is 17.9. The Morgan fingerprint density at radius 2 is 0.600 bits per heavy atom. The normalized spacial score (nSPS) is 15.2. The largest absolute Gasteiger partial charge is 0.147 e. The fourth-order valence-corrected chi connectivity index (χ4v) is 47.1. The zero-order valence-corrected chi connectivity index (χ0v) is 43.4. The van der Waals surface area contributed by atoms with Crippen LogP contribution in [0.2, 0.25) is 23.2 Å². The Bertz CT molecular complexity index is 2320. The Hall–Kier alpha value is -3.17. The molecule has 2 nitrogen and oxygen atoms in total. The molecule has 6 aromatic carbocycles. The number of rotatable bonds is 11. The van der Waals surface area contributed by atoms with Crippen molar-refractivity contribution in [2.24, 2.45) is 0 Å². The van der Waals surface area contributed by atoms with Crippen LogP contribution in [0.3, 0.4) is 0 Å². The van der Waals surface area contributed by atoms with Crippen molar-refractivity contribution < 1.29 is 29.8 Å². The number of hydrogen-bond acceptors (Lipinski definition) is 2. The second-order valence-electron chi connectivity index (χ2n) is 18.5. The van der Waals surface area contributed by atoms with Crippen molar-refractivity contribution in [1.29, 1.82) is 0 Å². The summed E-state index contributed by atoms with van der Waals surface area (Å²) in [6.07, 6.45) is 10.4. The maximum atomic E-state index is 8.72. The predicted molar refractivity (Wildman–Crippen MR) is 265 cm³/mol. The van der Waals surface area contributed by atoms with Crippen LogP contribution in [0.15, 0.2) is 170 Å². The van der Waals surface area contributed by atoms with Gasteiger partial charge in [0.2, 0.25) is 0 Å². The zero-order chi connectivity index (χ0) is 40.8. The number of benzene rings is 6. The first-order valence-corrected chi connectivity index (χ1v) is 34.3. The first-order valence-electron chi connectivity index (χ1n) is 20.9. The molecule has 6 aromatic rings. The summed E-state index contributed by atoms with van der Waals surface area (Å²) in [6.45, 7) is 19.7. The van der Waals surface area contributed by atoms with Gasteiger partial charge in [-0.25, -0.2) is 0 Å². The van der Waals surface area contributed by atoms with E-state index in [0.717, 1.165) is 0 Å². The van der Waals surface area contributed by atoms with Gasteiger partial charge in [0.05, 0.1) is 0 Å². The van der Waals surface area contributed by atoms with Crippen molar-refractivity contribution >= 4 is 92.4 Å². The molecule has 0 saturated heterocycles. The van der Waals surface area contributed by atoms with Gasteiger partial charge in [-0.2, -0.15) is 0 Å². The Morgan fingerprint density at radius 1 is 0.383 bits per heavy atom. The third kappa shape index (κ3) is 8.01. The minimum atomic E-state index is -3.31. The summed E-state index contributed by atoms with van der Waals surface area (Å²) in [5.41, 5.74) is 0. The van der Waals surface area contributed by atoms with Crippen molar-refractivity contribution in [3.8, 4) is 0 Å². The second-order valence-corrected chi connectivity index (χ2v) is 47.1. The van der Waals surface area contributed by atoms with Gasteiger partial charge in [-0.05, 0) is 0 Å². The SMILES string of the molecule is C[SiH](C)[Zr]([C]1(O[Si](c2ccccc2)(c2ccccc2)C(C)(C)C)C=c2ccccc2=C1)[C]1(O[Si](c2ccccc2)(c2ccccc2)C(C)(C)C)C=c2ccccc2=C1.Cl.Cl. The van der Waals surface area contributed by atoms with Crippen LogP contribution >= 0.6 is 24.8 Å². The molecule has 60 heavy (non-hydrogen) atoms. The summed E-state index contributed by atoms with van der Waals surface area (Å²) in [5.74, 6) is -1.58. The Balaban J connectivity index is 0.00000302. The topological polar surface area (TPSA) is 18.5 Å². The summed E-state index contributed by atoms with van der Waals surface area (Å²) < 4.78 is 16.2. The molecule has 0 heterocycles. The fourth-order valence-electron chi connectivity index (χ4n) is 10.1. The van der Waals surface area contributed by atoms with Gasteiger partial charge in [0, 0.05) is 0 Å². The monoisotopic (exact) mass is 959 g/mol. The van der Waals surface area contributed by atoms with E-state index in [1.165, 1.54) is 41.6 Å². The third-order valence-electron chi connectivity index (χ3n) is 12.4. The summed E-state index contributed by atoms with van der Waals surface area (Å²) in [4.78, 5) is 0. The van der Waals surface area contributed by atoms with Crippen LogP contribution in [-0.4, -0.2) is 29.2 Å². The molecular formula is C52H59Cl2O2Si3Zr. The van der Waals surface area contributed by atoms with E-state index < -0.39 is 50.1 Å². The van der Waals surface area contributed by atoms with E-state index >= 15 is 0 Å². The van der Waals surface area contributed by atoms with E-state index in [4.69, 9.17) is 8.85 Å². The van der Waals surface area contributed by atoms with Crippen LogP contribution in [0.4, 0.5) is 0 Å². The first-order chi connectivity index (χ1) is 27.7. The van der Waals surface area contributed by atoms with Crippen molar-refractivity contribution in [2.75, 3.05) is 0 Å². The van der Waals surface area contributed by atoms with Gasteiger partial charge < -0.3 is 0 Å².